The number of anilines is 1. The van der Waals surface area contributed by atoms with Crippen molar-refractivity contribution in [3.63, 3.8) is 0 Å². The van der Waals surface area contributed by atoms with Crippen molar-refractivity contribution in [3.8, 4) is 6.07 Å². The van der Waals surface area contributed by atoms with Gasteiger partial charge in [0.2, 0.25) is 0 Å². The third-order valence-corrected chi connectivity index (χ3v) is 5.80. The molecular formula is C14H9Br3N4. The number of allylic oxidation sites excluding steroid dienone is 1. The van der Waals surface area contributed by atoms with Crippen LogP contribution < -0.4 is 16.0 Å². The zero-order chi connectivity index (χ0) is 15.1. The lowest BCUT2D eigenvalue weighted by molar-refractivity contribution is 0.961. The van der Waals surface area contributed by atoms with Crippen molar-refractivity contribution in [3.05, 3.63) is 60.5 Å². The Bertz CT molecular complexity index is 771. The fraction of sp³-hybridized carbons (Fsp3) is 0.0714. The summed E-state index contributed by atoms with van der Waals surface area (Å²) < 4.78 is 2.92. The van der Waals surface area contributed by atoms with E-state index in [1.165, 1.54) is 0 Å². The number of hydrogen-bond acceptors (Lipinski definition) is 4. The lowest BCUT2D eigenvalue weighted by Crippen LogP contribution is -2.22. The summed E-state index contributed by atoms with van der Waals surface area (Å²) in [7, 11) is 0. The number of dihydropyridines is 1. The van der Waals surface area contributed by atoms with Crippen molar-refractivity contribution in [2.45, 2.75) is 0 Å². The molecule has 0 spiro atoms. The number of halogens is 3. The standard InChI is InChI=1S/C14H9Br3N4/c15-10-1-12(17)13(2-11(10)16)21-5-7-4-20-14(19)8(3-18)9(7)6-21/h1-2,4,6,20H,5,19H2. The van der Waals surface area contributed by atoms with E-state index in [-0.39, 0.29) is 0 Å². The zero-order valence-corrected chi connectivity index (χ0v) is 15.4. The number of rotatable bonds is 1. The van der Waals surface area contributed by atoms with Gasteiger partial charge >= 0.3 is 0 Å². The maximum Gasteiger partial charge on any atom is 0.119 e. The average molecular weight is 473 g/mol. The van der Waals surface area contributed by atoms with Gasteiger partial charge in [-0.05, 0) is 65.5 Å². The van der Waals surface area contributed by atoms with Crippen LogP contribution in [-0.4, -0.2) is 6.54 Å². The third kappa shape index (κ3) is 2.52. The summed E-state index contributed by atoms with van der Waals surface area (Å²) in [4.78, 5) is 2.08. The number of benzene rings is 1. The van der Waals surface area contributed by atoms with Gasteiger partial charge in [0.25, 0.3) is 0 Å². The molecule has 3 rings (SSSR count). The highest BCUT2D eigenvalue weighted by Crippen LogP contribution is 2.39. The Morgan fingerprint density at radius 2 is 1.90 bits per heavy atom. The van der Waals surface area contributed by atoms with Gasteiger partial charge < -0.3 is 16.0 Å². The molecule has 0 radical (unpaired) electrons. The molecule has 0 aromatic heterocycles. The molecule has 2 aliphatic rings. The minimum Gasteiger partial charge on any atom is -0.384 e. The smallest absolute Gasteiger partial charge is 0.119 e. The van der Waals surface area contributed by atoms with Crippen molar-refractivity contribution in [2.24, 2.45) is 5.73 Å². The van der Waals surface area contributed by atoms with E-state index in [1.54, 1.807) is 0 Å². The molecule has 0 saturated heterocycles. The van der Waals surface area contributed by atoms with E-state index >= 15 is 0 Å². The fourth-order valence-corrected chi connectivity index (χ4v) is 3.84. The first-order chi connectivity index (χ1) is 10.0. The van der Waals surface area contributed by atoms with Gasteiger partial charge in [0.1, 0.15) is 17.5 Å². The Morgan fingerprint density at radius 1 is 1.19 bits per heavy atom. The molecule has 106 valence electrons. The van der Waals surface area contributed by atoms with Crippen LogP contribution >= 0.6 is 47.8 Å². The first-order valence-electron chi connectivity index (χ1n) is 6.00. The van der Waals surface area contributed by atoms with E-state index in [4.69, 9.17) is 5.73 Å². The van der Waals surface area contributed by atoms with Crippen molar-refractivity contribution < 1.29 is 0 Å². The van der Waals surface area contributed by atoms with Gasteiger partial charge in [-0.15, -0.1) is 0 Å². The fourth-order valence-electron chi connectivity index (χ4n) is 2.29. The van der Waals surface area contributed by atoms with Crippen LogP contribution in [0, 0.1) is 11.3 Å². The van der Waals surface area contributed by atoms with Gasteiger partial charge in [-0.1, -0.05) is 0 Å². The normalized spacial score (nSPS) is 17.0. The summed E-state index contributed by atoms with van der Waals surface area (Å²) in [6.45, 7) is 0.688. The SMILES string of the molecule is N#CC1=C(N)NC=C2CN(c3cc(Br)c(Br)cc3Br)C=C21. The minimum absolute atomic E-state index is 0.394. The highest BCUT2D eigenvalue weighted by Gasteiger charge is 2.27. The Labute approximate surface area is 147 Å². The topological polar surface area (TPSA) is 65.1 Å². The number of nitrogens with zero attached hydrogens (tertiary/aromatic N) is 2. The zero-order valence-electron chi connectivity index (χ0n) is 10.6. The monoisotopic (exact) mass is 470 g/mol. The number of nitrogens with two attached hydrogens (primary N) is 1. The summed E-state index contributed by atoms with van der Waals surface area (Å²) in [5.74, 6) is 0.394. The Morgan fingerprint density at radius 3 is 2.62 bits per heavy atom. The molecule has 1 aromatic rings. The van der Waals surface area contributed by atoms with Crippen molar-refractivity contribution in [2.75, 3.05) is 11.4 Å². The highest BCUT2D eigenvalue weighted by molar-refractivity contribution is 9.13. The van der Waals surface area contributed by atoms with E-state index in [9.17, 15) is 5.26 Å². The van der Waals surface area contributed by atoms with Crippen LogP contribution in [0.25, 0.3) is 0 Å². The van der Waals surface area contributed by atoms with Gasteiger partial charge in [-0.25, -0.2) is 0 Å². The number of hydrogen-bond donors (Lipinski definition) is 2. The largest absolute Gasteiger partial charge is 0.384 e. The molecule has 0 fully saturated rings. The maximum absolute atomic E-state index is 9.26. The summed E-state index contributed by atoms with van der Waals surface area (Å²) in [6, 6.07) is 6.17. The summed E-state index contributed by atoms with van der Waals surface area (Å²) in [6.07, 6.45) is 3.81. The molecule has 0 bridgehead atoms. The van der Waals surface area contributed by atoms with E-state index in [0.717, 1.165) is 30.3 Å². The molecule has 21 heavy (non-hydrogen) atoms. The summed E-state index contributed by atoms with van der Waals surface area (Å²) >= 11 is 10.6. The maximum atomic E-state index is 9.26. The second-order valence-corrected chi connectivity index (χ2v) is 7.17. The Hall–Kier alpha value is -1.23. The van der Waals surface area contributed by atoms with Gasteiger partial charge in [0.15, 0.2) is 0 Å². The van der Waals surface area contributed by atoms with Gasteiger partial charge in [0.05, 0.1) is 5.69 Å². The molecule has 0 atom stereocenters. The Balaban J connectivity index is 2.05. The predicted molar refractivity (Wildman–Crippen MR) is 93.0 cm³/mol. The van der Waals surface area contributed by atoms with Gasteiger partial charge in [0, 0.05) is 37.9 Å². The molecular weight excluding hydrogens is 464 g/mol. The number of nitriles is 1. The molecule has 3 N–H and O–H groups in total. The van der Waals surface area contributed by atoms with E-state index < -0.39 is 0 Å². The third-order valence-electron chi connectivity index (χ3n) is 3.32. The van der Waals surface area contributed by atoms with Crippen LogP contribution in [-0.2, 0) is 0 Å². The van der Waals surface area contributed by atoms with Crippen molar-refractivity contribution >= 4 is 53.5 Å². The molecule has 2 heterocycles. The second-order valence-electron chi connectivity index (χ2n) is 4.60. The van der Waals surface area contributed by atoms with E-state index in [2.05, 4.69) is 64.1 Å². The average Bonchev–Trinajstić information content (AvgIpc) is 2.86. The second kappa shape index (κ2) is 5.52. The molecule has 0 unspecified atom stereocenters. The molecule has 2 aliphatic heterocycles. The quantitative estimate of drug-likeness (QED) is 0.609. The van der Waals surface area contributed by atoms with Crippen LogP contribution in [0.15, 0.2) is 60.5 Å². The van der Waals surface area contributed by atoms with Crippen LogP contribution in [0.1, 0.15) is 0 Å². The van der Waals surface area contributed by atoms with Crippen LogP contribution in [0.4, 0.5) is 5.69 Å². The lowest BCUT2D eigenvalue weighted by Gasteiger charge is -2.18. The summed E-state index contributed by atoms with van der Waals surface area (Å²) in [5.41, 5.74) is 9.25. The number of nitrogens with one attached hydrogen (secondary N) is 1. The number of fused-ring (bicyclic) bond motifs is 1. The van der Waals surface area contributed by atoms with Crippen molar-refractivity contribution in [1.82, 2.24) is 5.32 Å². The lowest BCUT2D eigenvalue weighted by atomic mass is 10.0. The molecule has 0 amide bonds. The first kappa shape index (κ1) is 14.7. The molecule has 0 aliphatic carbocycles. The van der Waals surface area contributed by atoms with E-state index in [0.29, 0.717) is 17.9 Å². The summed E-state index contributed by atoms with van der Waals surface area (Å²) in [5, 5.41) is 12.2. The minimum atomic E-state index is 0.394. The van der Waals surface area contributed by atoms with Gasteiger partial charge in [-0.2, -0.15) is 5.26 Å². The van der Waals surface area contributed by atoms with Crippen LogP contribution in [0.2, 0.25) is 0 Å². The molecule has 0 saturated carbocycles. The molecule has 4 nitrogen and oxygen atoms in total. The van der Waals surface area contributed by atoms with Crippen molar-refractivity contribution in [1.29, 1.82) is 5.26 Å². The van der Waals surface area contributed by atoms with Crippen LogP contribution in [0.3, 0.4) is 0 Å². The van der Waals surface area contributed by atoms with E-state index in [1.807, 2.05) is 24.5 Å². The highest BCUT2D eigenvalue weighted by atomic mass is 79.9. The van der Waals surface area contributed by atoms with Crippen LogP contribution in [0.5, 0.6) is 0 Å². The molecule has 7 heteroatoms. The molecule has 1 aromatic carbocycles. The van der Waals surface area contributed by atoms with Gasteiger partial charge in [-0.3, -0.25) is 0 Å². The predicted octanol–water partition coefficient (Wildman–Crippen LogP) is 3.86. The Kier molecular flexibility index (Phi) is 3.86. The first-order valence-corrected chi connectivity index (χ1v) is 8.38.